The topological polar surface area (TPSA) is 123 Å². The zero-order valence-corrected chi connectivity index (χ0v) is 15.1. The molecule has 138 valence electrons. The molecule has 0 aliphatic carbocycles. The summed E-state index contributed by atoms with van der Waals surface area (Å²) in [5.74, 6) is -2.38. The Hall–Kier alpha value is -3.96. The van der Waals surface area contributed by atoms with Gasteiger partial charge in [0.2, 0.25) is 0 Å². The van der Waals surface area contributed by atoms with Gasteiger partial charge < -0.3 is 10.2 Å². The van der Waals surface area contributed by atoms with Crippen molar-refractivity contribution in [3.05, 3.63) is 70.6 Å². The highest BCUT2D eigenvalue weighted by Gasteiger charge is 2.14. The number of benzene rings is 2. The second-order valence-electron chi connectivity index (χ2n) is 5.61. The van der Waals surface area contributed by atoms with E-state index in [0.717, 1.165) is 5.56 Å². The lowest BCUT2D eigenvalue weighted by Gasteiger charge is -2.03. The molecule has 8 heteroatoms. The summed E-state index contributed by atoms with van der Waals surface area (Å²) in [5, 5.41) is 32.6. The van der Waals surface area contributed by atoms with Crippen LogP contribution in [0.4, 0.5) is 5.13 Å². The zero-order valence-electron chi connectivity index (χ0n) is 14.3. The highest BCUT2D eigenvalue weighted by molar-refractivity contribution is 7.14. The third-order valence-electron chi connectivity index (χ3n) is 3.72. The van der Waals surface area contributed by atoms with Crippen molar-refractivity contribution in [1.82, 2.24) is 4.98 Å². The van der Waals surface area contributed by atoms with Crippen molar-refractivity contribution in [3.63, 3.8) is 0 Å². The van der Waals surface area contributed by atoms with Crippen molar-refractivity contribution in [1.29, 1.82) is 5.26 Å². The molecule has 0 saturated carbocycles. The summed E-state index contributed by atoms with van der Waals surface area (Å²) in [7, 11) is 0. The molecule has 2 aromatic carbocycles. The number of carboxylic acids is 1. The minimum atomic E-state index is -1.31. The van der Waals surface area contributed by atoms with Gasteiger partial charge in [0.1, 0.15) is 23.0 Å². The van der Waals surface area contributed by atoms with Crippen LogP contribution in [0.25, 0.3) is 17.3 Å². The van der Waals surface area contributed by atoms with Crippen LogP contribution in [0.3, 0.4) is 0 Å². The first-order valence-electron chi connectivity index (χ1n) is 7.98. The maximum atomic E-state index is 12.4. The van der Waals surface area contributed by atoms with Crippen molar-refractivity contribution in [2.45, 2.75) is 0 Å². The van der Waals surface area contributed by atoms with E-state index in [1.807, 2.05) is 30.3 Å². The Morgan fingerprint density at radius 3 is 2.61 bits per heavy atom. The normalized spacial score (nSPS) is 10.9. The summed E-state index contributed by atoms with van der Waals surface area (Å²) in [6, 6.07) is 15.0. The fourth-order valence-electron chi connectivity index (χ4n) is 2.37. The first kappa shape index (κ1) is 18.8. The summed E-state index contributed by atoms with van der Waals surface area (Å²) < 4.78 is 0. The number of carbonyl (C=O) groups excluding carboxylic acids is 1. The van der Waals surface area contributed by atoms with Gasteiger partial charge in [-0.15, -0.1) is 11.3 Å². The molecule has 0 aliphatic heterocycles. The van der Waals surface area contributed by atoms with E-state index in [-0.39, 0.29) is 11.1 Å². The van der Waals surface area contributed by atoms with Crippen molar-refractivity contribution >= 4 is 34.4 Å². The lowest BCUT2D eigenvalue weighted by Crippen LogP contribution is -2.13. The minimum Gasteiger partial charge on any atom is -0.507 e. The Morgan fingerprint density at radius 1 is 1.18 bits per heavy atom. The number of amides is 1. The van der Waals surface area contributed by atoms with Crippen LogP contribution in [0, 0.1) is 11.3 Å². The Labute approximate surface area is 163 Å². The summed E-state index contributed by atoms with van der Waals surface area (Å²) in [4.78, 5) is 27.8. The molecule has 0 unspecified atom stereocenters. The van der Waals surface area contributed by atoms with Gasteiger partial charge in [0.25, 0.3) is 5.91 Å². The summed E-state index contributed by atoms with van der Waals surface area (Å²) in [5.41, 5.74) is 1.36. The zero-order chi connectivity index (χ0) is 20.1. The molecule has 0 fully saturated rings. The van der Waals surface area contributed by atoms with Gasteiger partial charge in [-0.05, 0) is 23.8 Å². The number of hydrogen-bond donors (Lipinski definition) is 3. The monoisotopic (exact) mass is 391 g/mol. The quantitative estimate of drug-likeness (QED) is 0.449. The van der Waals surface area contributed by atoms with Gasteiger partial charge in [-0.1, -0.05) is 36.4 Å². The number of aromatic nitrogens is 1. The predicted octanol–water partition coefficient (Wildman–Crippen LogP) is 3.76. The van der Waals surface area contributed by atoms with Crippen LogP contribution in [-0.2, 0) is 4.79 Å². The standard InChI is InChI=1S/C20H13N3O4S/c21-10-14(8-12-6-7-17(24)15(9-12)19(26)27)18(25)23-20-22-16(11-28-20)13-4-2-1-3-5-13/h1-9,11,24H,(H,26,27)(H,22,23,25). The van der Waals surface area contributed by atoms with Gasteiger partial charge in [0, 0.05) is 10.9 Å². The number of hydrogen-bond acceptors (Lipinski definition) is 6. The van der Waals surface area contributed by atoms with Crippen molar-refractivity contribution in [2.24, 2.45) is 0 Å². The number of carboxylic acid groups (broad SMARTS) is 1. The molecule has 3 N–H and O–H groups in total. The minimum absolute atomic E-state index is 0.224. The van der Waals surface area contributed by atoms with Gasteiger partial charge in [0.05, 0.1) is 5.69 Å². The molecule has 3 rings (SSSR count). The third kappa shape index (κ3) is 4.23. The van der Waals surface area contributed by atoms with Gasteiger partial charge in [0.15, 0.2) is 5.13 Å². The van der Waals surface area contributed by atoms with Crippen molar-refractivity contribution in [3.8, 4) is 23.1 Å². The molecule has 0 spiro atoms. The lowest BCUT2D eigenvalue weighted by atomic mass is 10.1. The largest absolute Gasteiger partial charge is 0.507 e. The van der Waals surface area contributed by atoms with E-state index in [9.17, 15) is 20.0 Å². The van der Waals surface area contributed by atoms with E-state index in [2.05, 4.69) is 10.3 Å². The SMILES string of the molecule is N#CC(=Cc1ccc(O)c(C(=O)O)c1)C(=O)Nc1nc(-c2ccccc2)cs1. The van der Waals surface area contributed by atoms with Crippen LogP contribution in [0.2, 0.25) is 0 Å². The number of aromatic hydroxyl groups is 1. The van der Waals surface area contributed by atoms with E-state index in [0.29, 0.717) is 16.4 Å². The smallest absolute Gasteiger partial charge is 0.339 e. The van der Waals surface area contributed by atoms with E-state index < -0.39 is 17.6 Å². The second kappa shape index (κ2) is 8.16. The molecule has 7 nitrogen and oxygen atoms in total. The third-order valence-corrected chi connectivity index (χ3v) is 4.48. The average molecular weight is 391 g/mol. The van der Waals surface area contributed by atoms with Gasteiger partial charge >= 0.3 is 5.97 Å². The molecular weight excluding hydrogens is 378 g/mol. The maximum Gasteiger partial charge on any atom is 0.339 e. The van der Waals surface area contributed by atoms with Crippen molar-refractivity contribution in [2.75, 3.05) is 5.32 Å². The summed E-state index contributed by atoms with van der Waals surface area (Å²) >= 11 is 1.22. The van der Waals surface area contributed by atoms with Crippen LogP contribution in [0.1, 0.15) is 15.9 Å². The molecule has 3 aromatic rings. The summed E-state index contributed by atoms with van der Waals surface area (Å²) in [6.45, 7) is 0. The molecule has 1 amide bonds. The molecule has 0 radical (unpaired) electrons. The van der Waals surface area contributed by atoms with Crippen LogP contribution in [0.15, 0.2) is 59.5 Å². The number of phenols is 1. The Morgan fingerprint density at radius 2 is 1.93 bits per heavy atom. The molecule has 0 bridgehead atoms. The van der Waals surface area contributed by atoms with E-state index >= 15 is 0 Å². The molecule has 28 heavy (non-hydrogen) atoms. The molecule has 1 aromatic heterocycles. The molecule has 0 atom stereocenters. The Balaban J connectivity index is 1.80. The number of thiazole rings is 1. The van der Waals surface area contributed by atoms with E-state index in [1.54, 1.807) is 11.4 Å². The highest BCUT2D eigenvalue weighted by Crippen LogP contribution is 2.25. The number of aromatic carboxylic acids is 1. The van der Waals surface area contributed by atoms with Gasteiger partial charge in [-0.25, -0.2) is 9.78 Å². The molecule has 0 aliphatic rings. The lowest BCUT2D eigenvalue weighted by molar-refractivity contribution is -0.112. The second-order valence-corrected chi connectivity index (χ2v) is 6.47. The molecular formula is C20H13N3O4S. The van der Waals surface area contributed by atoms with Gasteiger partial charge in [-0.3, -0.25) is 10.1 Å². The molecule has 0 saturated heterocycles. The average Bonchev–Trinajstić information content (AvgIpc) is 3.16. The van der Waals surface area contributed by atoms with Crippen LogP contribution < -0.4 is 5.32 Å². The first-order valence-corrected chi connectivity index (χ1v) is 8.86. The number of nitriles is 1. The van der Waals surface area contributed by atoms with E-state index in [4.69, 9.17) is 5.11 Å². The Kier molecular flexibility index (Phi) is 5.48. The number of nitrogens with one attached hydrogen (secondary N) is 1. The number of nitrogens with zero attached hydrogens (tertiary/aromatic N) is 2. The molecule has 1 heterocycles. The maximum absolute atomic E-state index is 12.4. The fraction of sp³-hybridized carbons (Fsp3) is 0. The fourth-order valence-corrected chi connectivity index (χ4v) is 3.08. The first-order chi connectivity index (χ1) is 13.5. The van der Waals surface area contributed by atoms with Crippen LogP contribution in [-0.4, -0.2) is 27.1 Å². The number of anilines is 1. The van der Waals surface area contributed by atoms with Gasteiger partial charge in [-0.2, -0.15) is 5.26 Å². The predicted molar refractivity (Wildman–Crippen MR) is 105 cm³/mol. The number of carbonyl (C=O) groups is 2. The van der Waals surface area contributed by atoms with Crippen LogP contribution in [0.5, 0.6) is 5.75 Å². The van der Waals surface area contributed by atoms with Crippen LogP contribution >= 0.6 is 11.3 Å². The summed E-state index contributed by atoms with van der Waals surface area (Å²) in [6.07, 6.45) is 1.24. The van der Waals surface area contributed by atoms with E-state index in [1.165, 1.54) is 35.6 Å². The highest BCUT2D eigenvalue weighted by atomic mass is 32.1. The Bertz CT molecular complexity index is 1110. The van der Waals surface area contributed by atoms with Crippen molar-refractivity contribution < 1.29 is 19.8 Å². The number of rotatable bonds is 5.